The van der Waals surface area contributed by atoms with Crippen molar-refractivity contribution in [1.29, 1.82) is 0 Å². The monoisotopic (exact) mass is 563 g/mol. The number of hydrogen-bond acceptors (Lipinski definition) is 2. The second-order valence-electron chi connectivity index (χ2n) is 12.7. The zero-order valence-corrected chi connectivity index (χ0v) is 27.8. The molecular weight excluding hydrogens is 488 g/mol. The van der Waals surface area contributed by atoms with Crippen LogP contribution in [0.3, 0.4) is 0 Å². The number of carbonyl (C=O) groups excluding carboxylic acids is 1. The van der Waals surface area contributed by atoms with Crippen LogP contribution < -0.4 is 0 Å². The maximum absolute atomic E-state index is 11.8. The minimum atomic E-state index is -0.244. The maximum Gasteiger partial charge on any atom is 0.330 e. The summed E-state index contributed by atoms with van der Waals surface area (Å²) in [6.07, 6.45) is 45.1. The lowest BCUT2D eigenvalue weighted by Gasteiger charge is -2.17. The molecule has 0 aromatic heterocycles. The van der Waals surface area contributed by atoms with Crippen molar-refractivity contribution in [3.63, 3.8) is 0 Å². The van der Waals surface area contributed by atoms with Gasteiger partial charge >= 0.3 is 5.97 Å². The molecule has 0 aromatic carbocycles. The number of esters is 1. The first-order valence-corrected chi connectivity index (χ1v) is 18.6. The van der Waals surface area contributed by atoms with Gasteiger partial charge < -0.3 is 4.74 Å². The Labute approximate surface area is 253 Å². The van der Waals surface area contributed by atoms with Crippen LogP contribution in [0.25, 0.3) is 0 Å². The van der Waals surface area contributed by atoms with E-state index < -0.39 is 0 Å². The van der Waals surface area contributed by atoms with E-state index in [4.69, 9.17) is 4.74 Å². The van der Waals surface area contributed by atoms with Gasteiger partial charge in [0.15, 0.2) is 0 Å². The number of rotatable bonds is 34. The molecule has 0 aromatic rings. The highest BCUT2D eigenvalue weighted by Crippen LogP contribution is 2.19. The normalized spacial score (nSPS) is 12.1. The Kier molecular flexibility index (Phi) is 33.7. The molecule has 2 heteroatoms. The maximum atomic E-state index is 11.8. The quantitative estimate of drug-likeness (QED) is 0.0443. The van der Waals surface area contributed by atoms with E-state index in [1.54, 1.807) is 0 Å². The Morgan fingerprint density at radius 3 is 0.900 bits per heavy atom. The van der Waals surface area contributed by atoms with E-state index in [0.29, 0.717) is 0 Å². The largest absolute Gasteiger partial charge is 0.459 e. The highest BCUT2D eigenvalue weighted by molar-refractivity contribution is 5.81. The first-order chi connectivity index (χ1) is 19.7. The number of hydrogen-bond donors (Lipinski definition) is 0. The second-order valence-corrected chi connectivity index (χ2v) is 12.7. The number of carbonyl (C=O) groups is 1. The van der Waals surface area contributed by atoms with E-state index in [-0.39, 0.29) is 12.1 Å². The van der Waals surface area contributed by atoms with Crippen molar-refractivity contribution in [2.75, 3.05) is 0 Å². The van der Waals surface area contributed by atoms with Crippen LogP contribution >= 0.6 is 0 Å². The Morgan fingerprint density at radius 1 is 0.450 bits per heavy atom. The standard InChI is InChI=1S/C38H74O2/c1-4-7-9-11-13-15-17-19-21-22-24-26-28-30-32-34-36-37(40-38(39)6-3)35-33-31-29-27-25-23-20-18-16-14-12-10-8-5-2/h6,37H,3-5,7-36H2,1-2H3. The third-order valence-electron chi connectivity index (χ3n) is 8.71. The first-order valence-electron chi connectivity index (χ1n) is 18.6. The van der Waals surface area contributed by atoms with Crippen LogP contribution in [0.4, 0.5) is 0 Å². The van der Waals surface area contributed by atoms with Crippen LogP contribution in [-0.4, -0.2) is 12.1 Å². The molecule has 1 unspecified atom stereocenters. The zero-order valence-electron chi connectivity index (χ0n) is 27.8. The average molecular weight is 563 g/mol. The molecule has 0 N–H and O–H groups in total. The molecule has 0 amide bonds. The summed E-state index contributed by atoms with van der Waals surface area (Å²) in [4.78, 5) is 11.8. The summed E-state index contributed by atoms with van der Waals surface area (Å²) in [5.74, 6) is -0.244. The molecule has 0 saturated carbocycles. The van der Waals surface area contributed by atoms with Gasteiger partial charge in [0.25, 0.3) is 0 Å². The Morgan fingerprint density at radius 2 is 0.675 bits per heavy atom. The summed E-state index contributed by atoms with van der Waals surface area (Å²) in [6, 6.07) is 0. The molecule has 0 aliphatic carbocycles. The van der Waals surface area contributed by atoms with Gasteiger partial charge in [-0.15, -0.1) is 0 Å². The van der Waals surface area contributed by atoms with Gasteiger partial charge in [0, 0.05) is 6.08 Å². The highest BCUT2D eigenvalue weighted by Gasteiger charge is 2.12. The van der Waals surface area contributed by atoms with Crippen molar-refractivity contribution < 1.29 is 9.53 Å². The SMILES string of the molecule is C=CC(=O)OC(CCCCCCCCCCCCCCCC)CCCCCCCCCCCCCCCCCC. The van der Waals surface area contributed by atoms with E-state index in [1.165, 1.54) is 199 Å². The van der Waals surface area contributed by atoms with E-state index >= 15 is 0 Å². The molecule has 0 radical (unpaired) electrons. The second kappa shape index (κ2) is 34.4. The highest BCUT2D eigenvalue weighted by atomic mass is 16.5. The molecule has 238 valence electrons. The van der Waals surface area contributed by atoms with Crippen LogP contribution in [0.5, 0.6) is 0 Å². The number of ether oxygens (including phenoxy) is 1. The molecule has 0 heterocycles. The third kappa shape index (κ3) is 31.7. The molecule has 0 spiro atoms. The van der Waals surface area contributed by atoms with Crippen molar-refractivity contribution in [2.45, 2.75) is 225 Å². The van der Waals surface area contributed by atoms with Crippen molar-refractivity contribution in [3.8, 4) is 0 Å². The minimum Gasteiger partial charge on any atom is -0.459 e. The van der Waals surface area contributed by atoms with Crippen LogP contribution in [0.1, 0.15) is 219 Å². The predicted octanol–water partition coefficient (Wildman–Crippen LogP) is 13.6. The predicted molar refractivity (Wildman–Crippen MR) is 179 cm³/mol. The summed E-state index contributed by atoms with van der Waals surface area (Å²) in [6.45, 7) is 8.18. The van der Waals surface area contributed by atoms with Gasteiger partial charge in [-0.05, 0) is 25.7 Å². The van der Waals surface area contributed by atoms with Gasteiger partial charge in [-0.2, -0.15) is 0 Å². The smallest absolute Gasteiger partial charge is 0.330 e. The average Bonchev–Trinajstić information content (AvgIpc) is 2.96. The fourth-order valence-electron chi connectivity index (χ4n) is 5.96. The fraction of sp³-hybridized carbons (Fsp3) is 0.921. The van der Waals surface area contributed by atoms with Gasteiger partial charge in [-0.1, -0.05) is 200 Å². The van der Waals surface area contributed by atoms with Gasteiger partial charge in [0.05, 0.1) is 0 Å². The summed E-state index contributed by atoms with van der Waals surface area (Å²) >= 11 is 0. The molecule has 0 aliphatic rings. The lowest BCUT2D eigenvalue weighted by molar-refractivity contribution is -0.143. The molecule has 1 atom stereocenters. The molecule has 2 nitrogen and oxygen atoms in total. The summed E-state index contributed by atoms with van der Waals surface area (Å²) in [7, 11) is 0. The van der Waals surface area contributed by atoms with E-state index in [1.807, 2.05) is 0 Å². The molecule has 0 saturated heterocycles. The molecular formula is C38H74O2. The van der Waals surface area contributed by atoms with Crippen molar-refractivity contribution in [1.82, 2.24) is 0 Å². The molecule has 0 bridgehead atoms. The molecule has 40 heavy (non-hydrogen) atoms. The van der Waals surface area contributed by atoms with Crippen LogP contribution in [0.15, 0.2) is 12.7 Å². The lowest BCUT2D eigenvalue weighted by Crippen LogP contribution is -2.16. The Bertz CT molecular complexity index is 500. The molecule has 0 rings (SSSR count). The zero-order chi connectivity index (χ0) is 29.2. The van der Waals surface area contributed by atoms with Gasteiger partial charge in [-0.25, -0.2) is 4.79 Å². The van der Waals surface area contributed by atoms with Crippen LogP contribution in [-0.2, 0) is 9.53 Å². The topological polar surface area (TPSA) is 26.3 Å². The van der Waals surface area contributed by atoms with Crippen molar-refractivity contribution in [3.05, 3.63) is 12.7 Å². The van der Waals surface area contributed by atoms with Crippen molar-refractivity contribution in [2.24, 2.45) is 0 Å². The first kappa shape index (κ1) is 39.2. The summed E-state index contributed by atoms with van der Waals surface area (Å²) in [5.41, 5.74) is 0. The van der Waals surface area contributed by atoms with Gasteiger partial charge in [0.1, 0.15) is 6.10 Å². The fourth-order valence-corrected chi connectivity index (χ4v) is 5.96. The van der Waals surface area contributed by atoms with Crippen molar-refractivity contribution >= 4 is 5.97 Å². The van der Waals surface area contributed by atoms with E-state index in [2.05, 4.69) is 20.4 Å². The van der Waals surface area contributed by atoms with Gasteiger partial charge in [0.2, 0.25) is 0 Å². The van der Waals surface area contributed by atoms with Gasteiger partial charge in [-0.3, -0.25) is 0 Å². The van der Waals surface area contributed by atoms with E-state index in [0.717, 1.165) is 12.8 Å². The summed E-state index contributed by atoms with van der Waals surface area (Å²) < 4.78 is 5.68. The molecule has 0 aliphatic heterocycles. The van der Waals surface area contributed by atoms with Crippen LogP contribution in [0, 0.1) is 0 Å². The third-order valence-corrected chi connectivity index (χ3v) is 8.71. The van der Waals surface area contributed by atoms with E-state index in [9.17, 15) is 4.79 Å². The lowest BCUT2D eigenvalue weighted by atomic mass is 10.0. The number of unbranched alkanes of at least 4 members (excludes halogenated alkanes) is 28. The Balaban J connectivity index is 3.58. The minimum absolute atomic E-state index is 0.0921. The molecule has 0 fully saturated rings. The Hall–Kier alpha value is -0.790. The van der Waals surface area contributed by atoms with Crippen LogP contribution in [0.2, 0.25) is 0 Å². The summed E-state index contributed by atoms with van der Waals surface area (Å²) in [5, 5.41) is 0.